The van der Waals surface area contributed by atoms with Crippen LogP contribution >= 0.6 is 0 Å². The van der Waals surface area contributed by atoms with Gasteiger partial charge in [0.15, 0.2) is 0 Å². The quantitative estimate of drug-likeness (QED) is 0.462. The Kier molecular flexibility index (Phi) is 10.7. The molecule has 5 heteroatoms. The first-order valence-electron chi connectivity index (χ1n) is 4.70. The Balaban J connectivity index is 0.00000144. The van der Waals surface area contributed by atoms with Crippen LogP contribution in [0.3, 0.4) is 0 Å². The van der Waals surface area contributed by atoms with Gasteiger partial charge in [0.05, 0.1) is 13.2 Å². The molecular formula is C8H19CuN3O+. The minimum atomic E-state index is 0. The Morgan fingerprint density at radius 2 is 1.00 bits per heavy atom. The maximum atomic E-state index is 5.36. The Bertz CT molecular complexity index is 62.4. The van der Waals surface area contributed by atoms with Crippen molar-refractivity contribution < 1.29 is 21.8 Å². The van der Waals surface area contributed by atoms with Crippen molar-refractivity contribution in [1.29, 1.82) is 0 Å². The second-order valence-corrected chi connectivity index (χ2v) is 2.86. The molecule has 0 aromatic carbocycles. The zero-order valence-corrected chi connectivity index (χ0v) is 8.81. The van der Waals surface area contributed by atoms with Gasteiger partial charge in [0.2, 0.25) is 0 Å². The largest absolute Gasteiger partial charge is 1.00 e. The fourth-order valence-electron chi connectivity index (χ4n) is 1.12. The predicted octanol–water partition coefficient (Wildman–Crippen LogP) is -1.22. The van der Waals surface area contributed by atoms with Crippen LogP contribution in [0.15, 0.2) is 0 Å². The second kappa shape index (κ2) is 10.4. The maximum absolute atomic E-state index is 5.36. The van der Waals surface area contributed by atoms with Crippen molar-refractivity contribution in [1.82, 2.24) is 16.0 Å². The molecule has 0 spiro atoms. The summed E-state index contributed by atoms with van der Waals surface area (Å²) in [7, 11) is 0. The number of hydrogen-bond acceptors (Lipinski definition) is 4. The molecule has 0 unspecified atom stereocenters. The van der Waals surface area contributed by atoms with Crippen molar-refractivity contribution in [2.45, 2.75) is 0 Å². The van der Waals surface area contributed by atoms with Crippen LogP contribution in [0, 0.1) is 0 Å². The molecule has 0 radical (unpaired) electrons. The molecule has 0 aliphatic carbocycles. The Labute approximate surface area is 90.6 Å². The molecule has 0 aromatic heterocycles. The van der Waals surface area contributed by atoms with E-state index in [1.54, 1.807) is 0 Å². The smallest absolute Gasteiger partial charge is 0.379 e. The monoisotopic (exact) mass is 236 g/mol. The molecule has 3 N–H and O–H groups in total. The van der Waals surface area contributed by atoms with Crippen LogP contribution in [0.1, 0.15) is 0 Å². The number of nitrogens with one attached hydrogen (secondary N) is 3. The summed E-state index contributed by atoms with van der Waals surface area (Å²) in [6, 6.07) is 0. The molecule has 1 saturated heterocycles. The Hall–Kier alpha value is 0.359. The minimum absolute atomic E-state index is 0. The molecule has 4 nitrogen and oxygen atoms in total. The number of hydrogen-bond donors (Lipinski definition) is 3. The van der Waals surface area contributed by atoms with Crippen LogP contribution in [-0.4, -0.2) is 52.5 Å². The first kappa shape index (κ1) is 13.4. The van der Waals surface area contributed by atoms with Gasteiger partial charge < -0.3 is 20.7 Å². The standard InChI is InChI=1S/C8H19N3O.Cu/c1-3-10-5-7-12-8-6-11-4-2-9-1;/h9-11H,1-8H2;/q;+1. The summed E-state index contributed by atoms with van der Waals surface area (Å²) < 4.78 is 5.36. The van der Waals surface area contributed by atoms with Crippen LogP contribution in [0.4, 0.5) is 0 Å². The van der Waals surface area contributed by atoms with Crippen molar-refractivity contribution in [3.05, 3.63) is 0 Å². The number of ether oxygens (including phenoxy) is 1. The minimum Gasteiger partial charge on any atom is -0.379 e. The predicted molar refractivity (Wildman–Crippen MR) is 49.4 cm³/mol. The zero-order valence-electron chi connectivity index (χ0n) is 7.87. The van der Waals surface area contributed by atoms with E-state index >= 15 is 0 Å². The SMILES string of the molecule is C1CNCCOCCNCCN1.[Cu+]. The summed E-state index contributed by atoms with van der Waals surface area (Å²) in [5.74, 6) is 0. The van der Waals surface area contributed by atoms with Gasteiger partial charge in [0.25, 0.3) is 0 Å². The van der Waals surface area contributed by atoms with E-state index in [9.17, 15) is 0 Å². The third-order valence-corrected chi connectivity index (χ3v) is 1.80. The molecule has 82 valence electrons. The van der Waals surface area contributed by atoms with Gasteiger partial charge in [-0.25, -0.2) is 0 Å². The maximum Gasteiger partial charge on any atom is 1.00 e. The van der Waals surface area contributed by atoms with Crippen LogP contribution in [0.5, 0.6) is 0 Å². The molecule has 1 aliphatic heterocycles. The van der Waals surface area contributed by atoms with Gasteiger partial charge in [-0.1, -0.05) is 0 Å². The molecular weight excluding hydrogens is 218 g/mol. The van der Waals surface area contributed by atoms with Gasteiger partial charge in [-0.15, -0.1) is 0 Å². The molecule has 0 aromatic rings. The van der Waals surface area contributed by atoms with E-state index in [1.807, 2.05) is 0 Å². The van der Waals surface area contributed by atoms with E-state index < -0.39 is 0 Å². The van der Waals surface area contributed by atoms with E-state index in [1.165, 1.54) is 0 Å². The molecule has 1 fully saturated rings. The van der Waals surface area contributed by atoms with E-state index in [4.69, 9.17) is 4.74 Å². The van der Waals surface area contributed by atoms with Gasteiger partial charge >= 0.3 is 17.1 Å². The first-order chi connectivity index (χ1) is 6.00. The van der Waals surface area contributed by atoms with Crippen molar-refractivity contribution in [3.63, 3.8) is 0 Å². The van der Waals surface area contributed by atoms with Crippen molar-refractivity contribution >= 4 is 0 Å². The molecule has 1 aliphatic rings. The second-order valence-electron chi connectivity index (χ2n) is 2.86. The Morgan fingerprint density at radius 1 is 0.615 bits per heavy atom. The summed E-state index contributed by atoms with van der Waals surface area (Å²) in [6.07, 6.45) is 0. The normalized spacial score (nSPS) is 22.2. The van der Waals surface area contributed by atoms with E-state index in [-0.39, 0.29) is 17.1 Å². The molecule has 1 heterocycles. The first-order valence-corrected chi connectivity index (χ1v) is 4.70. The van der Waals surface area contributed by atoms with Gasteiger partial charge in [0, 0.05) is 39.3 Å². The fraction of sp³-hybridized carbons (Fsp3) is 1.00. The van der Waals surface area contributed by atoms with E-state index in [2.05, 4.69) is 16.0 Å². The van der Waals surface area contributed by atoms with E-state index in [0.29, 0.717) is 0 Å². The van der Waals surface area contributed by atoms with E-state index in [0.717, 1.165) is 52.5 Å². The molecule has 0 bridgehead atoms. The van der Waals surface area contributed by atoms with Crippen molar-refractivity contribution in [2.24, 2.45) is 0 Å². The van der Waals surface area contributed by atoms with Gasteiger partial charge in [0.1, 0.15) is 0 Å². The Morgan fingerprint density at radius 3 is 1.46 bits per heavy atom. The average Bonchev–Trinajstić information content (AvgIpc) is 2.05. The van der Waals surface area contributed by atoms with Crippen LogP contribution < -0.4 is 16.0 Å². The third-order valence-electron chi connectivity index (χ3n) is 1.80. The summed E-state index contributed by atoms with van der Waals surface area (Å²) in [5.41, 5.74) is 0. The molecule has 0 amide bonds. The van der Waals surface area contributed by atoms with Crippen LogP contribution in [-0.2, 0) is 21.8 Å². The summed E-state index contributed by atoms with van der Waals surface area (Å²) in [6.45, 7) is 7.71. The third kappa shape index (κ3) is 8.68. The molecule has 13 heavy (non-hydrogen) atoms. The number of rotatable bonds is 0. The molecule has 0 atom stereocenters. The average molecular weight is 237 g/mol. The summed E-state index contributed by atoms with van der Waals surface area (Å²) in [4.78, 5) is 0. The fourth-order valence-corrected chi connectivity index (χ4v) is 1.12. The summed E-state index contributed by atoms with van der Waals surface area (Å²) in [5, 5.41) is 9.93. The van der Waals surface area contributed by atoms with Crippen LogP contribution in [0.2, 0.25) is 0 Å². The van der Waals surface area contributed by atoms with Gasteiger partial charge in [-0.2, -0.15) is 0 Å². The molecule has 1 rings (SSSR count). The topological polar surface area (TPSA) is 45.3 Å². The van der Waals surface area contributed by atoms with Gasteiger partial charge in [-0.05, 0) is 0 Å². The van der Waals surface area contributed by atoms with Crippen LogP contribution in [0.25, 0.3) is 0 Å². The van der Waals surface area contributed by atoms with Crippen molar-refractivity contribution in [3.8, 4) is 0 Å². The summed E-state index contributed by atoms with van der Waals surface area (Å²) >= 11 is 0. The van der Waals surface area contributed by atoms with Gasteiger partial charge in [-0.3, -0.25) is 0 Å². The van der Waals surface area contributed by atoms with Crippen molar-refractivity contribution in [2.75, 3.05) is 52.5 Å². The molecule has 0 saturated carbocycles. The zero-order chi connectivity index (χ0) is 8.49.